The number of halogens is 3. The minimum absolute atomic E-state index is 0.154. The van der Waals surface area contributed by atoms with Crippen LogP contribution in [0.5, 0.6) is 0 Å². The summed E-state index contributed by atoms with van der Waals surface area (Å²) in [6.45, 7) is 5.21. The van der Waals surface area contributed by atoms with E-state index >= 15 is 0 Å². The molecule has 3 rings (SSSR count). The number of amides is 1. The highest BCUT2D eigenvalue weighted by molar-refractivity contribution is 9.10. The Balaban J connectivity index is 2.05. The fourth-order valence-corrected chi connectivity index (χ4v) is 2.75. The average molecular weight is 455 g/mol. The van der Waals surface area contributed by atoms with E-state index in [1.54, 1.807) is 20.8 Å². The lowest BCUT2D eigenvalue weighted by molar-refractivity contribution is 0.102. The molecule has 7 nitrogen and oxygen atoms in total. The monoisotopic (exact) mass is 453 g/mol. The SMILES string of the molecule is Cc1nn(-c2nc(C)c(Br)c(=O)[nH]2)c(NC(=O)c2ccc(F)c(Cl)c2)c1C. The molecule has 0 aliphatic carbocycles. The van der Waals surface area contributed by atoms with Crippen molar-refractivity contribution in [3.63, 3.8) is 0 Å². The third-order valence-corrected chi connectivity index (χ3v) is 5.21. The van der Waals surface area contributed by atoms with Crippen LogP contribution in [0.3, 0.4) is 0 Å². The maximum atomic E-state index is 13.3. The van der Waals surface area contributed by atoms with Crippen LogP contribution < -0.4 is 10.9 Å². The Bertz CT molecular complexity index is 1130. The van der Waals surface area contributed by atoms with Gasteiger partial charge in [0.05, 0.1) is 16.4 Å². The summed E-state index contributed by atoms with van der Waals surface area (Å²) in [4.78, 5) is 31.5. The maximum Gasteiger partial charge on any atom is 0.266 e. The van der Waals surface area contributed by atoms with Crippen molar-refractivity contribution < 1.29 is 9.18 Å². The van der Waals surface area contributed by atoms with E-state index in [4.69, 9.17) is 11.6 Å². The zero-order valence-electron chi connectivity index (χ0n) is 14.5. The van der Waals surface area contributed by atoms with E-state index in [1.165, 1.54) is 16.8 Å². The van der Waals surface area contributed by atoms with Crippen molar-refractivity contribution in [2.24, 2.45) is 0 Å². The number of aromatic amines is 1. The average Bonchev–Trinajstić information content (AvgIpc) is 2.90. The normalized spacial score (nSPS) is 10.9. The summed E-state index contributed by atoms with van der Waals surface area (Å²) in [6, 6.07) is 3.67. The lowest BCUT2D eigenvalue weighted by atomic mass is 10.2. The van der Waals surface area contributed by atoms with Crippen LogP contribution in [0.15, 0.2) is 27.5 Å². The van der Waals surface area contributed by atoms with Crippen molar-refractivity contribution in [2.75, 3.05) is 5.32 Å². The molecule has 0 aliphatic rings. The molecule has 0 atom stereocenters. The van der Waals surface area contributed by atoms with Crippen LogP contribution in [0.25, 0.3) is 5.95 Å². The molecule has 0 fully saturated rings. The fraction of sp³-hybridized carbons (Fsp3) is 0.176. The highest BCUT2D eigenvalue weighted by atomic mass is 79.9. The van der Waals surface area contributed by atoms with E-state index in [-0.39, 0.29) is 22.1 Å². The van der Waals surface area contributed by atoms with Gasteiger partial charge in [-0.05, 0) is 54.9 Å². The van der Waals surface area contributed by atoms with Gasteiger partial charge in [-0.2, -0.15) is 9.78 Å². The molecule has 2 heterocycles. The summed E-state index contributed by atoms with van der Waals surface area (Å²) in [6.07, 6.45) is 0. The minimum atomic E-state index is -0.614. The zero-order chi connectivity index (χ0) is 19.9. The largest absolute Gasteiger partial charge is 0.306 e. The van der Waals surface area contributed by atoms with Crippen LogP contribution in [0.4, 0.5) is 10.2 Å². The molecular formula is C17H14BrClFN5O2. The Morgan fingerprint density at radius 2 is 2.00 bits per heavy atom. The molecule has 0 bridgehead atoms. The Morgan fingerprint density at radius 3 is 2.63 bits per heavy atom. The van der Waals surface area contributed by atoms with Crippen molar-refractivity contribution >= 4 is 39.3 Å². The topological polar surface area (TPSA) is 92.7 Å². The van der Waals surface area contributed by atoms with Crippen LogP contribution in [0.2, 0.25) is 5.02 Å². The van der Waals surface area contributed by atoms with E-state index in [2.05, 4.69) is 36.3 Å². The second-order valence-corrected chi connectivity index (χ2v) is 7.04. The van der Waals surface area contributed by atoms with E-state index in [1.807, 2.05) is 0 Å². The third-order valence-electron chi connectivity index (χ3n) is 3.99. The van der Waals surface area contributed by atoms with Crippen molar-refractivity contribution in [3.05, 3.63) is 66.4 Å². The van der Waals surface area contributed by atoms with Crippen molar-refractivity contribution in [1.29, 1.82) is 0 Å². The Labute approximate surface area is 166 Å². The quantitative estimate of drug-likeness (QED) is 0.631. The first-order chi connectivity index (χ1) is 12.7. The van der Waals surface area contributed by atoms with Gasteiger partial charge in [0.1, 0.15) is 16.1 Å². The highest BCUT2D eigenvalue weighted by Gasteiger charge is 2.19. The number of benzene rings is 1. The first kappa shape index (κ1) is 19.2. The molecule has 0 spiro atoms. The first-order valence-electron chi connectivity index (χ1n) is 7.78. The molecule has 2 aromatic heterocycles. The van der Waals surface area contributed by atoms with Crippen molar-refractivity contribution in [3.8, 4) is 5.95 Å². The van der Waals surface area contributed by atoms with E-state index in [9.17, 15) is 14.0 Å². The number of carbonyl (C=O) groups is 1. The molecular weight excluding hydrogens is 441 g/mol. The number of rotatable bonds is 3. The number of aromatic nitrogens is 4. The number of H-pyrrole nitrogens is 1. The van der Waals surface area contributed by atoms with Gasteiger partial charge in [0.25, 0.3) is 11.5 Å². The molecule has 1 aromatic carbocycles. The fourth-order valence-electron chi connectivity index (χ4n) is 2.38. The Kier molecular flexibility index (Phi) is 5.16. The number of nitrogens with one attached hydrogen (secondary N) is 2. The van der Waals surface area contributed by atoms with Gasteiger partial charge < -0.3 is 5.32 Å². The van der Waals surface area contributed by atoms with Gasteiger partial charge in [0, 0.05) is 11.1 Å². The second-order valence-electron chi connectivity index (χ2n) is 5.84. The van der Waals surface area contributed by atoms with Gasteiger partial charge in [-0.1, -0.05) is 11.6 Å². The van der Waals surface area contributed by atoms with Crippen LogP contribution in [0.1, 0.15) is 27.3 Å². The molecule has 140 valence electrons. The summed E-state index contributed by atoms with van der Waals surface area (Å²) >= 11 is 8.91. The van der Waals surface area contributed by atoms with Crippen LogP contribution in [0, 0.1) is 26.6 Å². The number of carbonyl (C=O) groups excluding carboxylic acids is 1. The van der Waals surface area contributed by atoms with Crippen LogP contribution in [-0.4, -0.2) is 25.7 Å². The standard InChI is InChI=1S/C17H14BrClFN5O2/c1-7-8(2)24-25(17-21-9(3)13(18)16(27)23-17)14(7)22-15(26)10-4-5-12(20)11(19)6-10/h4-6H,1-3H3,(H,22,26)(H,21,23,27). The Morgan fingerprint density at radius 1 is 1.30 bits per heavy atom. The molecule has 3 aromatic rings. The molecule has 27 heavy (non-hydrogen) atoms. The second kappa shape index (κ2) is 7.24. The summed E-state index contributed by atoms with van der Waals surface area (Å²) in [5.74, 6) is -0.623. The number of hydrogen-bond acceptors (Lipinski definition) is 4. The van der Waals surface area contributed by atoms with E-state index in [0.29, 0.717) is 27.2 Å². The molecule has 2 N–H and O–H groups in total. The number of aryl methyl sites for hydroxylation is 2. The first-order valence-corrected chi connectivity index (χ1v) is 8.95. The number of anilines is 1. The summed E-state index contributed by atoms with van der Waals surface area (Å²) in [7, 11) is 0. The lowest BCUT2D eigenvalue weighted by Crippen LogP contribution is -2.20. The summed E-state index contributed by atoms with van der Waals surface area (Å²) in [5.41, 5.74) is 1.62. The molecule has 1 amide bonds. The summed E-state index contributed by atoms with van der Waals surface area (Å²) in [5, 5.41) is 6.91. The number of hydrogen-bond donors (Lipinski definition) is 2. The van der Waals surface area contributed by atoms with Gasteiger partial charge in [-0.25, -0.2) is 9.37 Å². The van der Waals surface area contributed by atoms with Gasteiger partial charge >= 0.3 is 0 Å². The predicted octanol–water partition coefficient (Wildman–Crippen LogP) is 3.69. The van der Waals surface area contributed by atoms with Crippen molar-refractivity contribution in [2.45, 2.75) is 20.8 Å². The van der Waals surface area contributed by atoms with Crippen molar-refractivity contribution in [1.82, 2.24) is 19.7 Å². The number of nitrogens with zero attached hydrogens (tertiary/aromatic N) is 3. The molecule has 0 saturated carbocycles. The van der Waals surface area contributed by atoms with Crippen LogP contribution in [-0.2, 0) is 0 Å². The van der Waals surface area contributed by atoms with E-state index in [0.717, 1.165) is 6.07 Å². The van der Waals surface area contributed by atoms with Gasteiger partial charge in [-0.3, -0.25) is 14.6 Å². The molecule has 10 heteroatoms. The van der Waals surface area contributed by atoms with Crippen LogP contribution >= 0.6 is 27.5 Å². The Hall–Kier alpha value is -2.52. The molecule has 0 saturated heterocycles. The van der Waals surface area contributed by atoms with E-state index < -0.39 is 11.7 Å². The summed E-state index contributed by atoms with van der Waals surface area (Å²) < 4.78 is 15.0. The molecule has 0 unspecified atom stereocenters. The zero-order valence-corrected chi connectivity index (χ0v) is 16.9. The predicted molar refractivity (Wildman–Crippen MR) is 103 cm³/mol. The van der Waals surface area contributed by atoms with Gasteiger partial charge in [0.2, 0.25) is 5.95 Å². The lowest BCUT2D eigenvalue weighted by Gasteiger charge is -2.10. The molecule has 0 aliphatic heterocycles. The molecule has 0 radical (unpaired) electrons. The maximum absolute atomic E-state index is 13.3. The smallest absolute Gasteiger partial charge is 0.266 e. The third kappa shape index (κ3) is 3.65. The van der Waals surface area contributed by atoms with Gasteiger partial charge in [0.15, 0.2) is 0 Å². The minimum Gasteiger partial charge on any atom is -0.306 e. The van der Waals surface area contributed by atoms with Gasteiger partial charge in [-0.15, -0.1) is 0 Å². The highest BCUT2D eigenvalue weighted by Crippen LogP contribution is 2.23.